The standard InChI is InChI=1S/C14H24N2O/c1-14(2,3)13(17)16-8-9-4-5-12(16)11-7-15-6-10(9)11/h9-12,15H,4-8H2,1-3H3/t9-,10+,11-,12+/m1/s1. The second kappa shape index (κ2) is 3.71. The third-order valence-electron chi connectivity index (χ3n) is 4.98. The van der Waals surface area contributed by atoms with Crippen LogP contribution in [0.4, 0.5) is 0 Å². The smallest absolute Gasteiger partial charge is 0.228 e. The maximum absolute atomic E-state index is 12.5. The van der Waals surface area contributed by atoms with Gasteiger partial charge in [0.15, 0.2) is 0 Å². The Labute approximate surface area is 104 Å². The predicted octanol–water partition coefficient (Wildman–Crippen LogP) is 1.49. The lowest BCUT2D eigenvalue weighted by molar-refractivity contribution is -0.152. The molecule has 4 atom stereocenters. The van der Waals surface area contributed by atoms with Gasteiger partial charge in [-0.2, -0.15) is 0 Å². The molecule has 1 amide bonds. The van der Waals surface area contributed by atoms with Crippen LogP contribution in [0.25, 0.3) is 0 Å². The van der Waals surface area contributed by atoms with Crippen molar-refractivity contribution in [2.75, 3.05) is 19.6 Å². The summed E-state index contributed by atoms with van der Waals surface area (Å²) in [6, 6.07) is 0.520. The van der Waals surface area contributed by atoms with Gasteiger partial charge < -0.3 is 10.2 Å². The van der Waals surface area contributed by atoms with E-state index in [9.17, 15) is 4.79 Å². The molecule has 17 heavy (non-hydrogen) atoms. The van der Waals surface area contributed by atoms with Crippen LogP contribution in [0, 0.1) is 23.2 Å². The topological polar surface area (TPSA) is 32.3 Å². The Hall–Kier alpha value is -0.570. The van der Waals surface area contributed by atoms with Crippen LogP contribution < -0.4 is 5.32 Å². The number of hydrogen-bond acceptors (Lipinski definition) is 2. The molecule has 0 spiro atoms. The fraction of sp³-hybridized carbons (Fsp3) is 0.929. The van der Waals surface area contributed by atoms with Crippen LogP contribution in [0.3, 0.4) is 0 Å². The fourth-order valence-corrected chi connectivity index (χ4v) is 4.14. The molecule has 0 radical (unpaired) electrons. The molecule has 4 aliphatic rings. The van der Waals surface area contributed by atoms with Gasteiger partial charge in [-0.3, -0.25) is 4.79 Å². The quantitative estimate of drug-likeness (QED) is 0.691. The van der Waals surface area contributed by atoms with Crippen molar-refractivity contribution >= 4 is 5.91 Å². The van der Waals surface area contributed by atoms with Gasteiger partial charge in [0.25, 0.3) is 0 Å². The molecule has 0 aromatic carbocycles. The van der Waals surface area contributed by atoms with Crippen molar-refractivity contribution in [2.45, 2.75) is 39.7 Å². The summed E-state index contributed by atoms with van der Waals surface area (Å²) in [6.07, 6.45) is 2.57. The predicted molar refractivity (Wildman–Crippen MR) is 67.5 cm³/mol. The van der Waals surface area contributed by atoms with Gasteiger partial charge in [0.05, 0.1) is 0 Å². The first-order valence-electron chi connectivity index (χ1n) is 7.00. The summed E-state index contributed by atoms with van der Waals surface area (Å²) in [5, 5.41) is 3.53. The van der Waals surface area contributed by atoms with Gasteiger partial charge in [0.2, 0.25) is 5.91 Å². The van der Waals surface area contributed by atoms with Crippen LogP contribution in [-0.4, -0.2) is 36.5 Å². The first-order valence-corrected chi connectivity index (χ1v) is 7.00. The van der Waals surface area contributed by atoms with Crippen molar-refractivity contribution in [1.82, 2.24) is 10.2 Å². The van der Waals surface area contributed by atoms with E-state index in [1.807, 2.05) is 20.8 Å². The van der Waals surface area contributed by atoms with Gasteiger partial charge in [0.1, 0.15) is 0 Å². The monoisotopic (exact) mass is 236 g/mol. The van der Waals surface area contributed by atoms with Crippen LogP contribution in [0.2, 0.25) is 0 Å². The maximum atomic E-state index is 12.5. The van der Waals surface area contributed by atoms with Gasteiger partial charge in [-0.05, 0) is 37.1 Å². The number of nitrogens with one attached hydrogen (secondary N) is 1. The van der Waals surface area contributed by atoms with E-state index >= 15 is 0 Å². The molecule has 2 bridgehead atoms. The highest BCUT2D eigenvalue weighted by molar-refractivity contribution is 5.82. The zero-order valence-electron chi connectivity index (χ0n) is 11.2. The van der Waals surface area contributed by atoms with Gasteiger partial charge in [-0.15, -0.1) is 0 Å². The van der Waals surface area contributed by atoms with E-state index in [0.717, 1.165) is 30.8 Å². The Kier molecular flexibility index (Phi) is 2.51. The van der Waals surface area contributed by atoms with Gasteiger partial charge in [0, 0.05) is 24.5 Å². The Morgan fingerprint density at radius 2 is 1.88 bits per heavy atom. The van der Waals surface area contributed by atoms with E-state index in [-0.39, 0.29) is 5.41 Å². The highest BCUT2D eigenvalue weighted by Crippen LogP contribution is 2.45. The summed E-state index contributed by atoms with van der Waals surface area (Å²) in [6.45, 7) is 9.46. The van der Waals surface area contributed by atoms with Gasteiger partial charge in [-0.1, -0.05) is 20.8 Å². The third-order valence-corrected chi connectivity index (χ3v) is 4.98. The molecule has 3 heteroatoms. The van der Waals surface area contributed by atoms with Crippen LogP contribution in [-0.2, 0) is 4.79 Å². The molecule has 3 heterocycles. The molecule has 0 aromatic heterocycles. The van der Waals surface area contributed by atoms with Gasteiger partial charge >= 0.3 is 0 Å². The number of amides is 1. The molecule has 0 aromatic rings. The van der Waals surface area contributed by atoms with Gasteiger partial charge in [-0.25, -0.2) is 0 Å². The molecule has 3 nitrogen and oxygen atoms in total. The minimum atomic E-state index is -0.223. The van der Waals surface area contributed by atoms with Crippen molar-refractivity contribution < 1.29 is 4.79 Å². The second-order valence-electron chi connectivity index (χ2n) is 7.10. The van der Waals surface area contributed by atoms with Crippen molar-refractivity contribution in [3.63, 3.8) is 0 Å². The number of nitrogens with zero attached hydrogens (tertiary/aromatic N) is 1. The van der Waals surface area contributed by atoms with Crippen molar-refractivity contribution in [2.24, 2.45) is 23.2 Å². The fourth-order valence-electron chi connectivity index (χ4n) is 4.14. The van der Waals surface area contributed by atoms with Crippen LogP contribution >= 0.6 is 0 Å². The summed E-state index contributed by atoms with van der Waals surface area (Å²) in [5.74, 6) is 2.69. The summed E-state index contributed by atoms with van der Waals surface area (Å²) in [4.78, 5) is 14.7. The Morgan fingerprint density at radius 1 is 1.18 bits per heavy atom. The highest BCUT2D eigenvalue weighted by Gasteiger charge is 2.51. The number of rotatable bonds is 0. The third kappa shape index (κ3) is 1.70. The zero-order chi connectivity index (χ0) is 12.2. The summed E-state index contributed by atoms with van der Waals surface area (Å²) >= 11 is 0. The highest BCUT2D eigenvalue weighted by atomic mass is 16.2. The minimum absolute atomic E-state index is 0.223. The van der Waals surface area contributed by atoms with Crippen molar-refractivity contribution in [1.29, 1.82) is 0 Å². The van der Waals surface area contributed by atoms with E-state index in [2.05, 4.69) is 10.2 Å². The number of fused-ring (bicyclic) bond motifs is 2. The molecule has 1 aliphatic carbocycles. The number of carbonyl (C=O) groups is 1. The first kappa shape index (κ1) is 11.5. The first-order chi connectivity index (χ1) is 7.98. The number of hydrogen-bond donors (Lipinski definition) is 1. The van der Waals surface area contributed by atoms with Crippen LogP contribution in [0.1, 0.15) is 33.6 Å². The molecule has 1 N–H and O–H groups in total. The molecule has 96 valence electrons. The Bertz CT molecular complexity index is 334. The van der Waals surface area contributed by atoms with E-state index in [4.69, 9.17) is 0 Å². The Balaban J connectivity index is 1.83. The lowest BCUT2D eigenvalue weighted by atomic mass is 9.66. The normalized spacial score (nSPS) is 40.5. The van der Waals surface area contributed by atoms with Crippen molar-refractivity contribution in [3.8, 4) is 0 Å². The molecular weight excluding hydrogens is 212 g/mol. The molecule has 1 saturated carbocycles. The second-order valence-corrected chi connectivity index (χ2v) is 7.10. The average Bonchev–Trinajstić information content (AvgIpc) is 2.77. The number of carbonyl (C=O) groups excluding carboxylic acids is 1. The SMILES string of the molecule is CC(C)(C)C(=O)N1C[C@H]2CC[C@H]1[C@@H]1CNC[C@@H]21. The molecule has 3 saturated heterocycles. The number of piperidine rings is 2. The molecule has 0 unspecified atom stereocenters. The zero-order valence-corrected chi connectivity index (χ0v) is 11.2. The Morgan fingerprint density at radius 3 is 2.59 bits per heavy atom. The summed E-state index contributed by atoms with van der Waals surface area (Å²) in [7, 11) is 0. The molecule has 4 fully saturated rings. The van der Waals surface area contributed by atoms with Crippen LogP contribution in [0.15, 0.2) is 0 Å². The van der Waals surface area contributed by atoms with E-state index in [1.54, 1.807) is 0 Å². The van der Waals surface area contributed by atoms with E-state index in [0.29, 0.717) is 11.9 Å². The van der Waals surface area contributed by atoms with E-state index < -0.39 is 0 Å². The summed E-state index contributed by atoms with van der Waals surface area (Å²) in [5.41, 5.74) is -0.223. The maximum Gasteiger partial charge on any atom is 0.228 e. The lowest BCUT2D eigenvalue weighted by Crippen LogP contribution is -2.60. The lowest BCUT2D eigenvalue weighted by Gasteiger charge is -2.53. The van der Waals surface area contributed by atoms with E-state index in [1.165, 1.54) is 19.4 Å². The molecule has 3 aliphatic heterocycles. The molecule has 4 rings (SSSR count). The largest absolute Gasteiger partial charge is 0.339 e. The van der Waals surface area contributed by atoms with Crippen LogP contribution in [0.5, 0.6) is 0 Å². The average molecular weight is 236 g/mol. The van der Waals surface area contributed by atoms with Crippen molar-refractivity contribution in [3.05, 3.63) is 0 Å². The summed E-state index contributed by atoms with van der Waals surface area (Å²) < 4.78 is 0. The minimum Gasteiger partial charge on any atom is -0.339 e. The molecular formula is C14H24N2O.